The standard InChI is InChI=1S/C15H23N3O2/c1-10-16-12-4-2-3-5-14(12)18(10)9-8-13(15(19)20)17-11-6-7-11/h11,13,17H,2-9H2,1H3,(H,19,20). The number of aliphatic carboxylic acids is 1. The van der Waals surface area contributed by atoms with Gasteiger partial charge in [0.15, 0.2) is 0 Å². The Bertz CT molecular complexity index is 505. The monoisotopic (exact) mass is 277 g/mol. The fourth-order valence-corrected chi connectivity index (χ4v) is 3.10. The number of imidazole rings is 1. The summed E-state index contributed by atoms with van der Waals surface area (Å²) >= 11 is 0. The van der Waals surface area contributed by atoms with Crippen LogP contribution in [0.25, 0.3) is 0 Å². The van der Waals surface area contributed by atoms with Crippen LogP contribution in [0.4, 0.5) is 0 Å². The second-order valence-corrected chi connectivity index (χ2v) is 6.03. The molecule has 2 aliphatic rings. The molecular weight excluding hydrogens is 254 g/mol. The Kier molecular flexibility index (Phi) is 3.78. The lowest BCUT2D eigenvalue weighted by atomic mass is 10.0. The first-order valence-electron chi connectivity index (χ1n) is 7.69. The first-order valence-corrected chi connectivity index (χ1v) is 7.69. The van der Waals surface area contributed by atoms with Crippen LogP contribution in [0.3, 0.4) is 0 Å². The second-order valence-electron chi connectivity index (χ2n) is 6.03. The average Bonchev–Trinajstić information content (AvgIpc) is 3.17. The van der Waals surface area contributed by atoms with Gasteiger partial charge in [-0.25, -0.2) is 4.98 Å². The van der Waals surface area contributed by atoms with Crippen molar-refractivity contribution in [2.45, 2.75) is 70.5 Å². The van der Waals surface area contributed by atoms with Gasteiger partial charge in [-0.2, -0.15) is 0 Å². The van der Waals surface area contributed by atoms with Crippen LogP contribution >= 0.6 is 0 Å². The van der Waals surface area contributed by atoms with Crippen LogP contribution in [0.1, 0.15) is 49.3 Å². The summed E-state index contributed by atoms with van der Waals surface area (Å²) in [4.78, 5) is 16.0. The number of nitrogens with one attached hydrogen (secondary N) is 1. The number of nitrogens with zero attached hydrogens (tertiary/aromatic N) is 2. The second kappa shape index (κ2) is 5.56. The van der Waals surface area contributed by atoms with E-state index in [4.69, 9.17) is 0 Å². The summed E-state index contributed by atoms with van der Waals surface area (Å²) in [6.45, 7) is 2.78. The molecule has 1 atom stereocenters. The van der Waals surface area contributed by atoms with E-state index in [9.17, 15) is 9.90 Å². The van der Waals surface area contributed by atoms with E-state index in [1.165, 1.54) is 24.2 Å². The molecule has 1 heterocycles. The molecule has 1 saturated carbocycles. The summed E-state index contributed by atoms with van der Waals surface area (Å²) in [5.74, 6) is 0.302. The van der Waals surface area contributed by atoms with Crippen molar-refractivity contribution in [3.8, 4) is 0 Å². The number of carbonyl (C=O) groups is 1. The van der Waals surface area contributed by atoms with E-state index in [0.717, 1.165) is 38.1 Å². The lowest BCUT2D eigenvalue weighted by molar-refractivity contribution is -0.139. The van der Waals surface area contributed by atoms with Gasteiger partial charge >= 0.3 is 5.97 Å². The van der Waals surface area contributed by atoms with Gasteiger partial charge in [-0.05, 0) is 51.9 Å². The van der Waals surface area contributed by atoms with Crippen molar-refractivity contribution < 1.29 is 9.90 Å². The zero-order valence-electron chi connectivity index (χ0n) is 12.1. The highest BCUT2D eigenvalue weighted by Gasteiger charge is 2.28. The van der Waals surface area contributed by atoms with Crippen molar-refractivity contribution in [1.29, 1.82) is 0 Å². The van der Waals surface area contributed by atoms with Crippen molar-refractivity contribution in [2.24, 2.45) is 0 Å². The van der Waals surface area contributed by atoms with Crippen molar-refractivity contribution in [3.05, 3.63) is 17.2 Å². The minimum Gasteiger partial charge on any atom is -0.480 e. The third-order valence-corrected chi connectivity index (χ3v) is 4.38. The molecule has 1 aromatic rings. The molecule has 2 aliphatic carbocycles. The van der Waals surface area contributed by atoms with Gasteiger partial charge < -0.3 is 15.0 Å². The molecule has 3 rings (SSSR count). The SMILES string of the molecule is Cc1nc2c(n1CCC(NC1CC1)C(=O)O)CCCC2. The third kappa shape index (κ3) is 2.87. The molecule has 0 amide bonds. The number of carboxylic acid groups (broad SMARTS) is 1. The summed E-state index contributed by atoms with van der Waals surface area (Å²) in [6.07, 6.45) is 7.48. The highest BCUT2D eigenvalue weighted by atomic mass is 16.4. The Morgan fingerprint density at radius 3 is 2.90 bits per heavy atom. The van der Waals surface area contributed by atoms with Gasteiger partial charge in [0.1, 0.15) is 11.9 Å². The molecule has 0 radical (unpaired) electrons. The molecule has 5 nitrogen and oxygen atoms in total. The van der Waals surface area contributed by atoms with Crippen molar-refractivity contribution in [2.75, 3.05) is 0 Å². The topological polar surface area (TPSA) is 67.2 Å². The highest BCUT2D eigenvalue weighted by molar-refractivity contribution is 5.73. The Labute approximate surface area is 119 Å². The number of carboxylic acids is 1. The molecule has 0 bridgehead atoms. The van der Waals surface area contributed by atoms with Crippen LogP contribution < -0.4 is 5.32 Å². The summed E-state index contributed by atoms with van der Waals surface area (Å²) in [6, 6.07) is -0.00237. The number of rotatable bonds is 6. The molecule has 20 heavy (non-hydrogen) atoms. The average molecular weight is 277 g/mol. The molecule has 5 heteroatoms. The maximum atomic E-state index is 11.3. The van der Waals surface area contributed by atoms with Gasteiger partial charge in [-0.1, -0.05) is 0 Å². The van der Waals surface area contributed by atoms with Crippen molar-refractivity contribution in [1.82, 2.24) is 14.9 Å². The number of aryl methyl sites for hydroxylation is 2. The Morgan fingerprint density at radius 1 is 1.45 bits per heavy atom. The fourth-order valence-electron chi connectivity index (χ4n) is 3.10. The van der Waals surface area contributed by atoms with Crippen LogP contribution in [0.15, 0.2) is 0 Å². The number of hydrogen-bond acceptors (Lipinski definition) is 3. The van der Waals surface area contributed by atoms with Gasteiger partial charge in [0.25, 0.3) is 0 Å². The van der Waals surface area contributed by atoms with Crippen LogP contribution in [0.2, 0.25) is 0 Å². The molecule has 0 aliphatic heterocycles. The van der Waals surface area contributed by atoms with Crippen LogP contribution in [-0.4, -0.2) is 32.7 Å². The lowest BCUT2D eigenvalue weighted by Gasteiger charge is -2.18. The molecule has 0 saturated heterocycles. The normalized spacial score (nSPS) is 19.6. The molecule has 1 fully saturated rings. The minimum absolute atomic E-state index is 0.425. The van der Waals surface area contributed by atoms with Gasteiger partial charge in [0, 0.05) is 18.3 Å². The quantitative estimate of drug-likeness (QED) is 0.830. The van der Waals surface area contributed by atoms with E-state index in [-0.39, 0.29) is 0 Å². The molecule has 1 aromatic heterocycles. The predicted molar refractivity (Wildman–Crippen MR) is 75.8 cm³/mol. The van der Waals surface area contributed by atoms with Gasteiger partial charge in [-0.15, -0.1) is 0 Å². The van der Waals surface area contributed by atoms with E-state index in [0.29, 0.717) is 12.5 Å². The minimum atomic E-state index is -0.733. The highest BCUT2D eigenvalue weighted by Crippen LogP contribution is 2.23. The number of hydrogen-bond donors (Lipinski definition) is 2. The van der Waals surface area contributed by atoms with E-state index in [1.807, 2.05) is 6.92 Å². The Balaban J connectivity index is 1.67. The van der Waals surface area contributed by atoms with Crippen molar-refractivity contribution in [3.63, 3.8) is 0 Å². The van der Waals surface area contributed by atoms with Gasteiger partial charge in [0.2, 0.25) is 0 Å². The smallest absolute Gasteiger partial charge is 0.320 e. The molecule has 1 unspecified atom stereocenters. The molecular formula is C15H23N3O2. The molecule has 2 N–H and O–H groups in total. The van der Waals surface area contributed by atoms with E-state index in [1.54, 1.807) is 0 Å². The van der Waals surface area contributed by atoms with Crippen LogP contribution in [-0.2, 0) is 24.2 Å². The summed E-state index contributed by atoms with van der Waals surface area (Å²) in [5, 5.41) is 12.5. The molecule has 0 aromatic carbocycles. The van der Waals surface area contributed by atoms with Gasteiger partial charge in [-0.3, -0.25) is 4.79 Å². The molecule has 110 valence electrons. The van der Waals surface area contributed by atoms with E-state index < -0.39 is 12.0 Å². The maximum absolute atomic E-state index is 11.3. The van der Waals surface area contributed by atoms with Gasteiger partial charge in [0.05, 0.1) is 5.69 Å². The predicted octanol–water partition coefficient (Wildman–Crippen LogP) is 1.67. The Morgan fingerprint density at radius 2 is 2.20 bits per heavy atom. The summed E-state index contributed by atoms with van der Waals surface area (Å²) in [7, 11) is 0. The van der Waals surface area contributed by atoms with E-state index >= 15 is 0 Å². The zero-order valence-corrected chi connectivity index (χ0v) is 12.1. The third-order valence-electron chi connectivity index (χ3n) is 4.38. The van der Waals surface area contributed by atoms with Crippen LogP contribution in [0, 0.1) is 6.92 Å². The largest absolute Gasteiger partial charge is 0.480 e. The van der Waals surface area contributed by atoms with Crippen LogP contribution in [0.5, 0.6) is 0 Å². The maximum Gasteiger partial charge on any atom is 0.320 e. The first kappa shape index (κ1) is 13.6. The number of fused-ring (bicyclic) bond motifs is 1. The fraction of sp³-hybridized carbons (Fsp3) is 0.733. The summed E-state index contributed by atoms with van der Waals surface area (Å²) < 4.78 is 2.24. The Hall–Kier alpha value is -1.36. The first-order chi connectivity index (χ1) is 9.65. The zero-order chi connectivity index (χ0) is 14.1. The van der Waals surface area contributed by atoms with Crippen molar-refractivity contribution >= 4 is 5.97 Å². The van der Waals surface area contributed by atoms with E-state index in [2.05, 4.69) is 14.9 Å². The molecule has 0 spiro atoms. The number of aromatic nitrogens is 2. The summed E-state index contributed by atoms with van der Waals surface area (Å²) in [5.41, 5.74) is 2.57. The lowest BCUT2D eigenvalue weighted by Crippen LogP contribution is -2.39.